The number of aromatic amines is 1. The highest BCUT2D eigenvalue weighted by Gasteiger charge is 2.05. The van der Waals surface area contributed by atoms with Gasteiger partial charge in [0, 0.05) is 18.9 Å². The molecule has 6 heteroatoms. The Bertz CT molecular complexity index is 252. The maximum absolute atomic E-state index is 5.73. The van der Waals surface area contributed by atoms with Gasteiger partial charge in [0.1, 0.15) is 5.82 Å². The van der Waals surface area contributed by atoms with Gasteiger partial charge in [-0.05, 0) is 6.92 Å². The van der Waals surface area contributed by atoms with Gasteiger partial charge in [-0.25, -0.2) is 4.98 Å². The van der Waals surface area contributed by atoms with Crippen LogP contribution in [-0.2, 0) is 4.74 Å². The largest absolute Gasteiger partial charge is 0.383 e. The average Bonchev–Trinajstić information content (AvgIpc) is 2.49. The number of aromatic nitrogens is 3. The number of nitrogens with two attached hydrogens (primary N) is 1. The van der Waals surface area contributed by atoms with Gasteiger partial charge in [0.25, 0.3) is 0 Å². The Labute approximate surface area is 81.4 Å². The predicted molar refractivity (Wildman–Crippen MR) is 51.7 cm³/mol. The number of H-pyrrole nitrogens is 1. The fourth-order valence-electron chi connectivity index (χ4n) is 0.831. The van der Waals surface area contributed by atoms with Crippen LogP contribution in [0.5, 0.6) is 0 Å². The van der Waals surface area contributed by atoms with E-state index in [-0.39, 0.29) is 6.04 Å². The molecule has 1 aromatic rings. The molecule has 1 unspecified atom stereocenters. The minimum atomic E-state index is 0.0359. The van der Waals surface area contributed by atoms with Gasteiger partial charge in [-0.2, -0.15) is 0 Å². The number of hydrogen-bond acceptors (Lipinski definition) is 5. The third kappa shape index (κ3) is 3.75. The second kappa shape index (κ2) is 5.21. The summed E-state index contributed by atoms with van der Waals surface area (Å²) in [6.07, 6.45) is 0. The molecule has 74 valence electrons. The van der Waals surface area contributed by atoms with Gasteiger partial charge in [-0.1, -0.05) is 11.8 Å². The molecular weight excluding hydrogens is 188 g/mol. The van der Waals surface area contributed by atoms with Crippen molar-refractivity contribution < 1.29 is 4.74 Å². The van der Waals surface area contributed by atoms with E-state index in [1.54, 1.807) is 7.11 Å². The maximum atomic E-state index is 5.73. The number of methoxy groups -OCH3 is 1. The summed E-state index contributed by atoms with van der Waals surface area (Å²) in [5.41, 5.74) is 5.73. The van der Waals surface area contributed by atoms with E-state index in [1.807, 2.05) is 6.92 Å². The van der Waals surface area contributed by atoms with Crippen LogP contribution in [0.1, 0.15) is 5.82 Å². The summed E-state index contributed by atoms with van der Waals surface area (Å²) in [5, 5.41) is 7.49. The Morgan fingerprint density at radius 2 is 2.46 bits per heavy atom. The maximum Gasteiger partial charge on any atom is 0.208 e. The van der Waals surface area contributed by atoms with Crippen molar-refractivity contribution in [2.75, 3.05) is 19.5 Å². The summed E-state index contributed by atoms with van der Waals surface area (Å²) in [5.74, 6) is 1.59. The molecule has 0 aromatic carbocycles. The summed E-state index contributed by atoms with van der Waals surface area (Å²) < 4.78 is 4.91. The highest BCUT2D eigenvalue weighted by atomic mass is 32.2. The molecule has 0 bridgehead atoms. The van der Waals surface area contributed by atoms with Crippen molar-refractivity contribution in [3.05, 3.63) is 5.82 Å². The monoisotopic (exact) mass is 202 g/mol. The van der Waals surface area contributed by atoms with Gasteiger partial charge in [0.05, 0.1) is 6.61 Å². The van der Waals surface area contributed by atoms with E-state index in [2.05, 4.69) is 15.2 Å². The zero-order chi connectivity index (χ0) is 9.68. The smallest absolute Gasteiger partial charge is 0.208 e. The van der Waals surface area contributed by atoms with Crippen LogP contribution < -0.4 is 5.73 Å². The number of nitrogens with zero attached hydrogens (tertiary/aromatic N) is 2. The normalized spacial score (nSPS) is 13.2. The standard InChI is InChI=1S/C7H14N4OS/c1-5-9-7(11-10-5)13-4-6(8)3-12-2/h6H,3-4,8H2,1-2H3,(H,9,10,11). The Morgan fingerprint density at radius 3 is 3.00 bits per heavy atom. The van der Waals surface area contributed by atoms with Crippen molar-refractivity contribution in [1.29, 1.82) is 0 Å². The Balaban J connectivity index is 2.26. The number of ether oxygens (including phenoxy) is 1. The minimum Gasteiger partial charge on any atom is -0.383 e. The number of aryl methyl sites for hydroxylation is 1. The Kier molecular flexibility index (Phi) is 4.20. The van der Waals surface area contributed by atoms with Crippen LogP contribution in [0.3, 0.4) is 0 Å². The number of thioether (sulfide) groups is 1. The first kappa shape index (κ1) is 10.5. The van der Waals surface area contributed by atoms with E-state index in [9.17, 15) is 0 Å². The SMILES string of the molecule is COCC(N)CSc1n[nH]c(C)n1. The summed E-state index contributed by atoms with van der Waals surface area (Å²) in [4.78, 5) is 4.14. The van der Waals surface area contributed by atoms with Crippen LogP contribution in [-0.4, -0.2) is 40.7 Å². The molecule has 0 fully saturated rings. The van der Waals surface area contributed by atoms with Crippen molar-refractivity contribution in [3.63, 3.8) is 0 Å². The lowest BCUT2D eigenvalue weighted by Crippen LogP contribution is -2.28. The van der Waals surface area contributed by atoms with Crippen molar-refractivity contribution in [3.8, 4) is 0 Å². The molecule has 3 N–H and O–H groups in total. The van der Waals surface area contributed by atoms with Gasteiger partial charge in [0.2, 0.25) is 5.16 Å². The molecule has 0 aliphatic rings. The Morgan fingerprint density at radius 1 is 1.69 bits per heavy atom. The molecule has 1 heterocycles. The molecule has 0 spiro atoms. The molecular formula is C7H14N4OS. The first-order valence-electron chi connectivity index (χ1n) is 3.98. The lowest BCUT2D eigenvalue weighted by atomic mass is 10.4. The molecule has 1 aromatic heterocycles. The molecule has 0 aliphatic heterocycles. The number of rotatable bonds is 5. The van der Waals surface area contributed by atoms with Crippen LogP contribution in [0.25, 0.3) is 0 Å². The highest BCUT2D eigenvalue weighted by Crippen LogP contribution is 2.12. The van der Waals surface area contributed by atoms with Gasteiger partial charge < -0.3 is 10.5 Å². The van der Waals surface area contributed by atoms with Crippen LogP contribution in [0.15, 0.2) is 5.16 Å². The highest BCUT2D eigenvalue weighted by molar-refractivity contribution is 7.99. The quantitative estimate of drug-likeness (QED) is 0.666. The van der Waals surface area contributed by atoms with Crippen molar-refractivity contribution in [1.82, 2.24) is 15.2 Å². The summed E-state index contributed by atoms with van der Waals surface area (Å²) in [6, 6.07) is 0.0359. The van der Waals surface area contributed by atoms with Crippen LogP contribution >= 0.6 is 11.8 Å². The third-order valence-corrected chi connectivity index (χ3v) is 2.42. The molecule has 0 aliphatic carbocycles. The lowest BCUT2D eigenvalue weighted by molar-refractivity contribution is 0.186. The second-order valence-electron chi connectivity index (χ2n) is 2.73. The molecule has 0 saturated carbocycles. The fourth-order valence-corrected chi connectivity index (χ4v) is 1.60. The third-order valence-electron chi connectivity index (χ3n) is 1.38. The molecule has 0 radical (unpaired) electrons. The fraction of sp³-hybridized carbons (Fsp3) is 0.714. The van der Waals surface area contributed by atoms with Crippen molar-refractivity contribution >= 4 is 11.8 Å². The lowest BCUT2D eigenvalue weighted by Gasteiger charge is -2.07. The topological polar surface area (TPSA) is 76.8 Å². The molecule has 0 saturated heterocycles. The summed E-state index contributed by atoms with van der Waals surface area (Å²) >= 11 is 1.53. The molecule has 5 nitrogen and oxygen atoms in total. The summed E-state index contributed by atoms with van der Waals surface area (Å²) in [7, 11) is 1.64. The zero-order valence-corrected chi connectivity index (χ0v) is 8.60. The van der Waals surface area contributed by atoms with Gasteiger partial charge >= 0.3 is 0 Å². The van der Waals surface area contributed by atoms with Crippen molar-refractivity contribution in [2.45, 2.75) is 18.1 Å². The second-order valence-corrected chi connectivity index (χ2v) is 3.72. The van der Waals surface area contributed by atoms with Gasteiger partial charge in [0.15, 0.2) is 0 Å². The average molecular weight is 202 g/mol. The van der Waals surface area contributed by atoms with Gasteiger partial charge in [-0.15, -0.1) is 5.10 Å². The minimum absolute atomic E-state index is 0.0359. The van der Waals surface area contributed by atoms with Crippen molar-refractivity contribution in [2.24, 2.45) is 5.73 Å². The van der Waals surface area contributed by atoms with Crippen LogP contribution in [0.2, 0.25) is 0 Å². The van der Waals surface area contributed by atoms with Crippen LogP contribution in [0.4, 0.5) is 0 Å². The summed E-state index contributed by atoms with van der Waals surface area (Å²) in [6.45, 7) is 2.43. The first-order chi connectivity index (χ1) is 6.22. The first-order valence-corrected chi connectivity index (χ1v) is 4.97. The van der Waals surface area contributed by atoms with Crippen LogP contribution in [0, 0.1) is 6.92 Å². The van der Waals surface area contributed by atoms with E-state index in [4.69, 9.17) is 10.5 Å². The molecule has 0 amide bonds. The van der Waals surface area contributed by atoms with E-state index in [1.165, 1.54) is 11.8 Å². The number of nitrogens with one attached hydrogen (secondary N) is 1. The molecule has 1 rings (SSSR count). The van der Waals surface area contributed by atoms with E-state index in [0.717, 1.165) is 16.7 Å². The van der Waals surface area contributed by atoms with E-state index in [0.29, 0.717) is 6.61 Å². The van der Waals surface area contributed by atoms with Gasteiger partial charge in [-0.3, -0.25) is 5.10 Å². The van der Waals surface area contributed by atoms with E-state index >= 15 is 0 Å². The predicted octanol–water partition coefficient (Wildman–Crippen LogP) is 0.179. The number of hydrogen-bond donors (Lipinski definition) is 2. The molecule has 13 heavy (non-hydrogen) atoms. The zero-order valence-electron chi connectivity index (χ0n) is 7.78. The molecule has 1 atom stereocenters. The Hall–Kier alpha value is -0.590. The van der Waals surface area contributed by atoms with E-state index < -0.39 is 0 Å².